The van der Waals surface area contributed by atoms with E-state index in [9.17, 15) is 0 Å². The van der Waals surface area contributed by atoms with Crippen LogP contribution >= 0.6 is 23.2 Å². The van der Waals surface area contributed by atoms with Crippen molar-refractivity contribution in [1.82, 2.24) is 5.32 Å². The molecule has 120 valence electrons. The van der Waals surface area contributed by atoms with Gasteiger partial charge in [0.2, 0.25) is 0 Å². The molecule has 0 radical (unpaired) electrons. The van der Waals surface area contributed by atoms with Crippen LogP contribution in [0.5, 0.6) is 5.75 Å². The van der Waals surface area contributed by atoms with Gasteiger partial charge in [-0.15, -0.1) is 0 Å². The number of benzene rings is 1. The first-order chi connectivity index (χ1) is 10.6. The van der Waals surface area contributed by atoms with Gasteiger partial charge in [-0.25, -0.2) is 0 Å². The zero-order valence-electron chi connectivity index (χ0n) is 12.9. The van der Waals surface area contributed by atoms with E-state index in [1.54, 1.807) is 7.11 Å². The lowest BCUT2D eigenvalue weighted by atomic mass is 9.54. The standard InChI is InChI=1S/C18H23Cl2NO/c1-22-18-15(19)7-12(8-16(18)20)9-21-17-13-3-10-2-11(5-13)6-14(17)4-10/h7-8,10-11,13-14,17,21H,2-6,9H2,1H3. The molecule has 0 amide bonds. The Morgan fingerprint density at radius 1 is 1.00 bits per heavy atom. The molecule has 22 heavy (non-hydrogen) atoms. The highest BCUT2D eigenvalue weighted by atomic mass is 35.5. The summed E-state index contributed by atoms with van der Waals surface area (Å²) in [6.07, 6.45) is 7.26. The molecule has 4 fully saturated rings. The van der Waals surface area contributed by atoms with E-state index in [0.29, 0.717) is 21.8 Å². The number of nitrogens with one attached hydrogen (secondary N) is 1. The maximum atomic E-state index is 6.24. The summed E-state index contributed by atoms with van der Waals surface area (Å²) >= 11 is 12.5. The van der Waals surface area contributed by atoms with E-state index >= 15 is 0 Å². The lowest BCUT2D eigenvalue weighted by Gasteiger charge is -2.54. The fourth-order valence-corrected chi connectivity index (χ4v) is 6.09. The lowest BCUT2D eigenvalue weighted by molar-refractivity contribution is -0.0142. The molecule has 5 rings (SSSR count). The quantitative estimate of drug-likeness (QED) is 0.840. The number of rotatable bonds is 4. The first-order valence-corrected chi connectivity index (χ1v) is 9.15. The van der Waals surface area contributed by atoms with E-state index < -0.39 is 0 Å². The Hall–Kier alpha value is -0.440. The van der Waals surface area contributed by atoms with Gasteiger partial charge < -0.3 is 10.1 Å². The summed E-state index contributed by atoms with van der Waals surface area (Å²) in [6, 6.07) is 4.62. The summed E-state index contributed by atoms with van der Waals surface area (Å²) in [7, 11) is 1.60. The number of halogens is 2. The van der Waals surface area contributed by atoms with Gasteiger partial charge in [0.05, 0.1) is 17.2 Å². The third-order valence-corrected chi connectivity index (χ3v) is 6.59. The molecule has 0 heterocycles. The molecule has 1 aromatic carbocycles. The zero-order chi connectivity index (χ0) is 15.3. The van der Waals surface area contributed by atoms with Crippen molar-refractivity contribution in [3.8, 4) is 5.75 Å². The third-order valence-electron chi connectivity index (χ3n) is 6.03. The maximum Gasteiger partial charge on any atom is 0.156 e. The number of hydrogen-bond donors (Lipinski definition) is 1. The van der Waals surface area contributed by atoms with Crippen LogP contribution in [0.15, 0.2) is 12.1 Å². The van der Waals surface area contributed by atoms with Crippen molar-refractivity contribution in [2.45, 2.75) is 44.7 Å². The molecule has 4 bridgehead atoms. The van der Waals surface area contributed by atoms with E-state index in [1.807, 2.05) is 12.1 Å². The van der Waals surface area contributed by atoms with E-state index in [1.165, 1.54) is 32.1 Å². The maximum absolute atomic E-state index is 6.24. The highest BCUT2D eigenvalue weighted by Crippen LogP contribution is 2.53. The summed E-state index contributed by atoms with van der Waals surface area (Å²) in [5.74, 6) is 4.39. The summed E-state index contributed by atoms with van der Waals surface area (Å²) < 4.78 is 5.22. The van der Waals surface area contributed by atoms with E-state index in [0.717, 1.165) is 35.8 Å². The predicted octanol–water partition coefficient (Wildman–Crippen LogP) is 4.92. The Bertz CT molecular complexity index is 523. The van der Waals surface area contributed by atoms with Crippen molar-refractivity contribution in [2.75, 3.05) is 7.11 Å². The Morgan fingerprint density at radius 2 is 1.55 bits per heavy atom. The molecule has 0 saturated heterocycles. The van der Waals surface area contributed by atoms with Crippen LogP contribution in [0.2, 0.25) is 10.0 Å². The molecule has 1 aromatic rings. The molecule has 0 aliphatic heterocycles. The molecule has 0 unspecified atom stereocenters. The van der Waals surface area contributed by atoms with Crippen LogP contribution in [0, 0.1) is 23.7 Å². The fourth-order valence-electron chi connectivity index (χ4n) is 5.40. The first-order valence-electron chi connectivity index (χ1n) is 8.39. The van der Waals surface area contributed by atoms with Gasteiger partial charge in [-0.1, -0.05) is 23.2 Å². The van der Waals surface area contributed by atoms with Crippen LogP contribution in [0.25, 0.3) is 0 Å². The molecule has 4 aliphatic rings. The summed E-state index contributed by atoms with van der Waals surface area (Å²) in [5.41, 5.74) is 1.14. The molecular weight excluding hydrogens is 317 g/mol. The van der Waals surface area contributed by atoms with Gasteiger partial charge >= 0.3 is 0 Å². The summed E-state index contributed by atoms with van der Waals surface area (Å²) in [5, 5.41) is 5.00. The highest BCUT2D eigenvalue weighted by molar-refractivity contribution is 6.37. The molecule has 0 atom stereocenters. The molecule has 2 nitrogen and oxygen atoms in total. The lowest BCUT2D eigenvalue weighted by Crippen LogP contribution is -2.54. The van der Waals surface area contributed by atoms with Gasteiger partial charge in [-0.2, -0.15) is 0 Å². The molecule has 4 aliphatic carbocycles. The summed E-state index contributed by atoms with van der Waals surface area (Å²) in [6.45, 7) is 0.844. The third kappa shape index (κ3) is 2.64. The van der Waals surface area contributed by atoms with Crippen LogP contribution in [0.3, 0.4) is 0 Å². The Kier molecular flexibility index (Phi) is 4.04. The van der Waals surface area contributed by atoms with Gasteiger partial charge in [0, 0.05) is 12.6 Å². The zero-order valence-corrected chi connectivity index (χ0v) is 14.5. The van der Waals surface area contributed by atoms with Crippen LogP contribution in [-0.2, 0) is 6.54 Å². The fraction of sp³-hybridized carbons (Fsp3) is 0.667. The van der Waals surface area contributed by atoms with Crippen molar-refractivity contribution in [3.63, 3.8) is 0 Å². The molecule has 0 aromatic heterocycles. The molecular formula is C18H23Cl2NO. The average Bonchev–Trinajstić information content (AvgIpc) is 2.45. The number of ether oxygens (including phenoxy) is 1. The topological polar surface area (TPSA) is 21.3 Å². The van der Waals surface area contributed by atoms with Gasteiger partial charge in [0.15, 0.2) is 5.75 Å². The molecule has 1 N–H and O–H groups in total. The molecule has 4 saturated carbocycles. The molecule has 4 heteroatoms. The van der Waals surface area contributed by atoms with Crippen molar-refractivity contribution in [3.05, 3.63) is 27.7 Å². The Balaban J connectivity index is 1.45. The Morgan fingerprint density at radius 3 is 2.05 bits per heavy atom. The van der Waals surface area contributed by atoms with Gasteiger partial charge in [0.1, 0.15) is 0 Å². The van der Waals surface area contributed by atoms with Gasteiger partial charge in [0.25, 0.3) is 0 Å². The minimum atomic E-state index is 0.571. The van der Waals surface area contributed by atoms with Gasteiger partial charge in [-0.3, -0.25) is 0 Å². The van der Waals surface area contributed by atoms with Crippen molar-refractivity contribution < 1.29 is 4.74 Å². The predicted molar refractivity (Wildman–Crippen MR) is 90.7 cm³/mol. The highest BCUT2D eigenvalue weighted by Gasteiger charge is 2.47. The second kappa shape index (κ2) is 5.89. The first kappa shape index (κ1) is 15.1. The second-order valence-corrected chi connectivity index (χ2v) is 8.24. The summed E-state index contributed by atoms with van der Waals surface area (Å²) in [4.78, 5) is 0. The smallest absolute Gasteiger partial charge is 0.156 e. The SMILES string of the molecule is COc1c(Cl)cc(CNC2C3CC4CC(C3)CC2C4)cc1Cl. The number of methoxy groups -OCH3 is 1. The van der Waals surface area contributed by atoms with Crippen LogP contribution < -0.4 is 10.1 Å². The van der Waals surface area contributed by atoms with Crippen LogP contribution in [0.4, 0.5) is 0 Å². The van der Waals surface area contributed by atoms with Gasteiger partial charge in [-0.05, 0) is 73.5 Å². The van der Waals surface area contributed by atoms with Crippen molar-refractivity contribution in [1.29, 1.82) is 0 Å². The normalized spacial score (nSPS) is 35.9. The average molecular weight is 340 g/mol. The van der Waals surface area contributed by atoms with Crippen LogP contribution in [0.1, 0.15) is 37.7 Å². The largest absolute Gasteiger partial charge is 0.494 e. The van der Waals surface area contributed by atoms with E-state index in [-0.39, 0.29) is 0 Å². The van der Waals surface area contributed by atoms with Crippen molar-refractivity contribution >= 4 is 23.2 Å². The van der Waals surface area contributed by atoms with E-state index in [4.69, 9.17) is 27.9 Å². The minimum absolute atomic E-state index is 0.571. The van der Waals surface area contributed by atoms with Crippen LogP contribution in [-0.4, -0.2) is 13.2 Å². The monoisotopic (exact) mass is 339 g/mol. The van der Waals surface area contributed by atoms with Crippen molar-refractivity contribution in [2.24, 2.45) is 23.7 Å². The second-order valence-electron chi connectivity index (χ2n) is 7.43. The number of hydrogen-bond acceptors (Lipinski definition) is 2. The Labute approximate surface area is 142 Å². The van der Waals surface area contributed by atoms with E-state index in [2.05, 4.69) is 5.32 Å². The molecule has 0 spiro atoms. The minimum Gasteiger partial charge on any atom is -0.494 e.